The number of furan rings is 1. The van der Waals surface area contributed by atoms with E-state index >= 15 is 0 Å². The lowest BCUT2D eigenvalue weighted by Crippen LogP contribution is -2.38. The van der Waals surface area contributed by atoms with Crippen molar-refractivity contribution in [1.29, 1.82) is 0 Å². The lowest BCUT2D eigenvalue weighted by molar-refractivity contribution is 0.365. The summed E-state index contributed by atoms with van der Waals surface area (Å²) in [5.41, 5.74) is 0. The first-order valence-corrected chi connectivity index (χ1v) is 6.54. The topological polar surface area (TPSA) is 25.2 Å². The molecule has 1 fully saturated rings. The minimum atomic E-state index is 0.593. The van der Waals surface area contributed by atoms with Crippen LogP contribution in [-0.2, 0) is 6.42 Å². The van der Waals surface area contributed by atoms with Crippen LogP contribution in [-0.4, -0.2) is 12.1 Å². The molecule has 16 heavy (non-hydrogen) atoms. The van der Waals surface area contributed by atoms with Crippen LogP contribution in [0.1, 0.15) is 45.3 Å². The minimum absolute atomic E-state index is 0.593. The van der Waals surface area contributed by atoms with E-state index in [1.54, 1.807) is 6.26 Å². The predicted molar refractivity (Wildman–Crippen MR) is 66.4 cm³/mol. The zero-order valence-corrected chi connectivity index (χ0v) is 10.4. The van der Waals surface area contributed by atoms with Crippen molar-refractivity contribution in [3.05, 3.63) is 24.2 Å². The Hall–Kier alpha value is -0.760. The number of nitrogens with one attached hydrogen (secondary N) is 1. The van der Waals surface area contributed by atoms with Gasteiger partial charge in [-0.3, -0.25) is 0 Å². The quantitative estimate of drug-likeness (QED) is 0.824. The van der Waals surface area contributed by atoms with Crippen LogP contribution in [0.4, 0.5) is 0 Å². The molecule has 1 N–H and O–H groups in total. The molecule has 90 valence electrons. The van der Waals surface area contributed by atoms with E-state index in [0.29, 0.717) is 6.04 Å². The molecule has 0 spiro atoms. The Bertz CT molecular complexity index is 294. The van der Waals surface area contributed by atoms with Crippen molar-refractivity contribution in [1.82, 2.24) is 5.32 Å². The molecule has 1 heterocycles. The molecule has 0 saturated heterocycles. The van der Waals surface area contributed by atoms with Crippen molar-refractivity contribution in [2.45, 2.75) is 58.0 Å². The van der Waals surface area contributed by atoms with E-state index in [-0.39, 0.29) is 0 Å². The second-order valence-electron chi connectivity index (χ2n) is 5.20. The van der Waals surface area contributed by atoms with Gasteiger partial charge in [-0.1, -0.05) is 13.3 Å². The molecule has 1 aromatic heterocycles. The summed E-state index contributed by atoms with van der Waals surface area (Å²) in [6.07, 6.45) is 8.10. The van der Waals surface area contributed by atoms with Crippen LogP contribution in [0.15, 0.2) is 22.8 Å². The Morgan fingerprint density at radius 1 is 1.50 bits per heavy atom. The van der Waals surface area contributed by atoms with Gasteiger partial charge in [0, 0.05) is 18.5 Å². The summed E-state index contributed by atoms with van der Waals surface area (Å²) in [6, 6.07) is 5.36. The van der Waals surface area contributed by atoms with Crippen LogP contribution in [0, 0.1) is 5.92 Å². The van der Waals surface area contributed by atoms with Gasteiger partial charge < -0.3 is 9.73 Å². The third-order valence-electron chi connectivity index (χ3n) is 3.76. The second-order valence-corrected chi connectivity index (χ2v) is 5.20. The highest BCUT2D eigenvalue weighted by atomic mass is 16.3. The average Bonchev–Trinajstić information content (AvgIpc) is 2.88. The van der Waals surface area contributed by atoms with Gasteiger partial charge in [-0.2, -0.15) is 0 Å². The normalized spacial score (nSPS) is 27.1. The molecule has 0 amide bonds. The summed E-state index contributed by atoms with van der Waals surface area (Å²) in [5, 5.41) is 3.75. The summed E-state index contributed by atoms with van der Waals surface area (Å²) in [7, 11) is 0. The van der Waals surface area contributed by atoms with Crippen molar-refractivity contribution in [3.63, 3.8) is 0 Å². The van der Waals surface area contributed by atoms with Gasteiger partial charge in [0.25, 0.3) is 0 Å². The van der Waals surface area contributed by atoms with Crippen molar-refractivity contribution >= 4 is 0 Å². The number of rotatable bonds is 5. The van der Waals surface area contributed by atoms with E-state index in [9.17, 15) is 0 Å². The fourth-order valence-corrected chi connectivity index (χ4v) is 2.66. The van der Waals surface area contributed by atoms with Gasteiger partial charge in [-0.15, -0.1) is 0 Å². The molecular weight excluding hydrogens is 198 g/mol. The number of hydrogen-bond donors (Lipinski definition) is 1. The van der Waals surface area contributed by atoms with Crippen molar-refractivity contribution in [2.24, 2.45) is 5.92 Å². The second kappa shape index (κ2) is 5.53. The van der Waals surface area contributed by atoms with Gasteiger partial charge in [0.2, 0.25) is 0 Å². The van der Waals surface area contributed by atoms with Gasteiger partial charge in [-0.25, -0.2) is 0 Å². The third-order valence-corrected chi connectivity index (χ3v) is 3.76. The molecule has 0 radical (unpaired) electrons. The molecule has 0 aromatic carbocycles. The van der Waals surface area contributed by atoms with Crippen LogP contribution in [0.5, 0.6) is 0 Å². The Morgan fingerprint density at radius 3 is 3.00 bits per heavy atom. The standard InChI is InChI=1S/C14H23NO/c1-11-5-3-7-14(11)15-12(2)8-9-13-6-4-10-16-13/h4,6,10-12,14-15H,3,5,7-9H2,1-2H3. The summed E-state index contributed by atoms with van der Waals surface area (Å²) < 4.78 is 5.35. The Labute approximate surface area is 98.4 Å². The average molecular weight is 221 g/mol. The molecule has 3 unspecified atom stereocenters. The molecule has 1 aliphatic carbocycles. The largest absolute Gasteiger partial charge is 0.469 e. The zero-order chi connectivity index (χ0) is 11.4. The summed E-state index contributed by atoms with van der Waals surface area (Å²) >= 11 is 0. The Morgan fingerprint density at radius 2 is 2.38 bits per heavy atom. The van der Waals surface area contributed by atoms with Gasteiger partial charge in [0.05, 0.1) is 6.26 Å². The molecule has 1 aromatic rings. The van der Waals surface area contributed by atoms with E-state index in [4.69, 9.17) is 4.42 Å². The molecule has 1 aliphatic rings. The first-order valence-electron chi connectivity index (χ1n) is 6.54. The molecule has 2 heteroatoms. The lowest BCUT2D eigenvalue weighted by atomic mass is 10.0. The monoisotopic (exact) mass is 221 g/mol. The van der Waals surface area contributed by atoms with E-state index in [2.05, 4.69) is 25.2 Å². The number of aryl methyl sites for hydroxylation is 1. The van der Waals surface area contributed by atoms with Gasteiger partial charge >= 0.3 is 0 Å². The molecule has 0 aliphatic heterocycles. The van der Waals surface area contributed by atoms with Crippen LogP contribution in [0.25, 0.3) is 0 Å². The van der Waals surface area contributed by atoms with E-state index in [1.165, 1.54) is 19.3 Å². The van der Waals surface area contributed by atoms with Gasteiger partial charge in [-0.05, 0) is 44.2 Å². The van der Waals surface area contributed by atoms with Crippen LogP contribution in [0.2, 0.25) is 0 Å². The Kier molecular flexibility index (Phi) is 4.05. The fraction of sp³-hybridized carbons (Fsp3) is 0.714. The van der Waals surface area contributed by atoms with Crippen molar-refractivity contribution in [2.75, 3.05) is 0 Å². The molecular formula is C14H23NO. The molecule has 0 bridgehead atoms. The van der Waals surface area contributed by atoms with E-state index < -0.39 is 0 Å². The smallest absolute Gasteiger partial charge is 0.103 e. The highest BCUT2D eigenvalue weighted by Crippen LogP contribution is 2.25. The van der Waals surface area contributed by atoms with Crippen molar-refractivity contribution in [3.8, 4) is 0 Å². The van der Waals surface area contributed by atoms with E-state index in [0.717, 1.165) is 30.6 Å². The highest BCUT2D eigenvalue weighted by molar-refractivity contribution is 4.98. The fourth-order valence-electron chi connectivity index (χ4n) is 2.66. The number of hydrogen-bond acceptors (Lipinski definition) is 2. The first kappa shape index (κ1) is 11.7. The summed E-state index contributed by atoms with van der Waals surface area (Å²) in [6.45, 7) is 4.65. The van der Waals surface area contributed by atoms with Crippen LogP contribution < -0.4 is 5.32 Å². The molecule has 1 saturated carbocycles. The van der Waals surface area contributed by atoms with Crippen LogP contribution in [0.3, 0.4) is 0 Å². The highest BCUT2D eigenvalue weighted by Gasteiger charge is 2.24. The van der Waals surface area contributed by atoms with Crippen LogP contribution >= 0.6 is 0 Å². The van der Waals surface area contributed by atoms with Crippen molar-refractivity contribution < 1.29 is 4.42 Å². The van der Waals surface area contributed by atoms with Gasteiger partial charge in [0.1, 0.15) is 5.76 Å². The first-order chi connectivity index (χ1) is 7.75. The maximum atomic E-state index is 5.35. The maximum absolute atomic E-state index is 5.35. The summed E-state index contributed by atoms with van der Waals surface area (Å²) in [5.74, 6) is 1.96. The maximum Gasteiger partial charge on any atom is 0.103 e. The minimum Gasteiger partial charge on any atom is -0.469 e. The third kappa shape index (κ3) is 3.11. The SMILES string of the molecule is CC(CCc1ccco1)NC1CCCC1C. The predicted octanol–water partition coefficient (Wildman–Crippen LogP) is 3.38. The van der Waals surface area contributed by atoms with E-state index in [1.807, 2.05) is 6.07 Å². The molecule has 3 atom stereocenters. The Balaban J connectivity index is 1.70. The van der Waals surface area contributed by atoms with Gasteiger partial charge in [0.15, 0.2) is 0 Å². The molecule has 2 rings (SSSR count). The summed E-state index contributed by atoms with van der Waals surface area (Å²) in [4.78, 5) is 0. The lowest BCUT2D eigenvalue weighted by Gasteiger charge is -2.22. The zero-order valence-electron chi connectivity index (χ0n) is 10.4. The molecule has 2 nitrogen and oxygen atoms in total.